The lowest BCUT2D eigenvalue weighted by atomic mass is 9.98. The normalized spacial score (nSPS) is 13.4. The van der Waals surface area contributed by atoms with Crippen molar-refractivity contribution >= 4 is 29.7 Å². The summed E-state index contributed by atoms with van der Waals surface area (Å²) in [5.74, 6) is -0.276. The number of nitrogens with zero attached hydrogens (tertiary/aromatic N) is 2. The number of nitrogens with one attached hydrogen (secondary N) is 2. The first kappa shape index (κ1) is 20.5. The maximum atomic E-state index is 12.8. The van der Waals surface area contributed by atoms with Gasteiger partial charge in [0, 0.05) is 49.5 Å². The second kappa shape index (κ2) is 8.96. The van der Waals surface area contributed by atoms with Crippen molar-refractivity contribution < 1.29 is 4.79 Å². The van der Waals surface area contributed by atoms with E-state index in [0.717, 1.165) is 36.3 Å². The molecule has 0 aliphatic carbocycles. The summed E-state index contributed by atoms with van der Waals surface area (Å²) in [4.78, 5) is 16.8. The van der Waals surface area contributed by atoms with Crippen molar-refractivity contribution in [3.05, 3.63) is 95.1 Å². The molecule has 1 aliphatic rings. The van der Waals surface area contributed by atoms with Crippen molar-refractivity contribution in [1.82, 2.24) is 0 Å². The summed E-state index contributed by atoms with van der Waals surface area (Å²) in [5.41, 5.74) is 6.18. The largest absolute Gasteiger partial charge is 0.367 e. The molecule has 0 aromatic heterocycles. The standard InChI is InChI=1S/C26H26N4O/c1-29(24-5-3-2-4-6-24)26(31)20-9-7-19(8-10-20)18-30-14-13-22-15-21(11-12-25(22)30)23(16-27)17-28/h2-12,15-17,23,27-28H,13-14,18H2,1H3. The topological polar surface area (TPSA) is 71.2 Å². The van der Waals surface area contributed by atoms with Crippen LogP contribution in [0.4, 0.5) is 11.4 Å². The number of fused-ring (bicyclic) bond motifs is 1. The molecule has 3 aromatic carbocycles. The third-order valence-electron chi connectivity index (χ3n) is 5.86. The summed E-state index contributed by atoms with van der Waals surface area (Å²) in [6.45, 7) is 1.73. The van der Waals surface area contributed by atoms with E-state index in [1.807, 2.05) is 60.7 Å². The molecule has 0 saturated heterocycles. The predicted octanol–water partition coefficient (Wildman–Crippen LogP) is 4.91. The van der Waals surface area contributed by atoms with Crippen molar-refractivity contribution in [2.24, 2.45) is 0 Å². The molecule has 0 spiro atoms. The zero-order valence-electron chi connectivity index (χ0n) is 17.6. The Hall–Kier alpha value is -3.73. The van der Waals surface area contributed by atoms with Crippen LogP contribution < -0.4 is 9.80 Å². The van der Waals surface area contributed by atoms with Gasteiger partial charge >= 0.3 is 0 Å². The summed E-state index contributed by atoms with van der Waals surface area (Å²) < 4.78 is 0. The molecule has 1 amide bonds. The molecule has 0 fully saturated rings. The molecule has 4 rings (SSSR count). The van der Waals surface area contributed by atoms with E-state index < -0.39 is 0 Å². The number of hydrogen-bond donors (Lipinski definition) is 2. The van der Waals surface area contributed by atoms with Crippen molar-refractivity contribution in [3.8, 4) is 0 Å². The lowest BCUT2D eigenvalue weighted by Gasteiger charge is -2.21. The quantitative estimate of drug-likeness (QED) is 0.543. The van der Waals surface area contributed by atoms with E-state index >= 15 is 0 Å². The zero-order chi connectivity index (χ0) is 21.8. The van der Waals surface area contributed by atoms with Gasteiger partial charge in [-0.05, 0) is 53.4 Å². The number of benzene rings is 3. The van der Waals surface area contributed by atoms with E-state index in [2.05, 4.69) is 17.0 Å². The number of carbonyl (C=O) groups is 1. The van der Waals surface area contributed by atoms with Crippen LogP contribution in [0.3, 0.4) is 0 Å². The monoisotopic (exact) mass is 410 g/mol. The minimum absolute atomic E-state index is 0.0243. The van der Waals surface area contributed by atoms with Crippen LogP contribution in [0.5, 0.6) is 0 Å². The molecule has 0 radical (unpaired) electrons. The minimum atomic E-state index is -0.251. The lowest BCUT2D eigenvalue weighted by molar-refractivity contribution is 0.0993. The van der Waals surface area contributed by atoms with Crippen molar-refractivity contribution in [2.75, 3.05) is 23.4 Å². The number of rotatable bonds is 7. The highest BCUT2D eigenvalue weighted by molar-refractivity contribution is 6.05. The van der Waals surface area contributed by atoms with Gasteiger partial charge in [-0.1, -0.05) is 42.5 Å². The highest BCUT2D eigenvalue weighted by Gasteiger charge is 2.21. The average molecular weight is 411 g/mol. The highest BCUT2D eigenvalue weighted by Crippen LogP contribution is 2.31. The molecule has 1 aliphatic heterocycles. The van der Waals surface area contributed by atoms with Crippen molar-refractivity contribution in [1.29, 1.82) is 10.8 Å². The molecule has 3 aromatic rings. The van der Waals surface area contributed by atoms with Crippen LogP contribution in [0.25, 0.3) is 0 Å². The highest BCUT2D eigenvalue weighted by atomic mass is 16.2. The van der Waals surface area contributed by atoms with Crippen LogP contribution in [0.1, 0.15) is 33.0 Å². The van der Waals surface area contributed by atoms with Gasteiger partial charge in [0.2, 0.25) is 0 Å². The molecular formula is C26H26N4O. The first-order chi connectivity index (χ1) is 15.1. The molecule has 1 heterocycles. The molecule has 156 valence electrons. The van der Waals surface area contributed by atoms with Crippen LogP contribution in [0.2, 0.25) is 0 Å². The van der Waals surface area contributed by atoms with Gasteiger partial charge in [0.05, 0.1) is 5.92 Å². The van der Waals surface area contributed by atoms with Crippen molar-refractivity contribution in [3.63, 3.8) is 0 Å². The Balaban J connectivity index is 1.45. The molecule has 31 heavy (non-hydrogen) atoms. The molecule has 5 heteroatoms. The van der Waals surface area contributed by atoms with Crippen LogP contribution >= 0.6 is 0 Å². The molecule has 0 unspecified atom stereocenters. The maximum Gasteiger partial charge on any atom is 0.258 e. The Bertz CT molecular complexity index is 1080. The van der Waals surface area contributed by atoms with Crippen LogP contribution in [-0.2, 0) is 13.0 Å². The number of anilines is 2. The SMILES string of the molecule is CN(C(=O)c1ccc(CN2CCc3cc(C(C=N)C=N)ccc32)cc1)c1ccccc1. The predicted molar refractivity (Wildman–Crippen MR) is 127 cm³/mol. The van der Waals surface area contributed by atoms with Gasteiger partial charge in [0.15, 0.2) is 0 Å². The fourth-order valence-electron chi connectivity index (χ4n) is 4.04. The Morgan fingerprint density at radius 1 is 1.03 bits per heavy atom. The summed E-state index contributed by atoms with van der Waals surface area (Å²) in [6, 6.07) is 23.7. The summed E-state index contributed by atoms with van der Waals surface area (Å²) >= 11 is 0. The molecule has 2 N–H and O–H groups in total. The number of hydrogen-bond acceptors (Lipinski definition) is 4. The Morgan fingerprint density at radius 3 is 2.42 bits per heavy atom. The van der Waals surface area contributed by atoms with Gasteiger partial charge in [-0.3, -0.25) is 4.79 Å². The van der Waals surface area contributed by atoms with Gasteiger partial charge in [-0.2, -0.15) is 0 Å². The fraction of sp³-hybridized carbons (Fsp3) is 0.192. The minimum Gasteiger partial charge on any atom is -0.367 e. The van der Waals surface area contributed by atoms with Gasteiger partial charge in [-0.15, -0.1) is 0 Å². The summed E-state index contributed by atoms with van der Waals surface area (Å²) in [5, 5.41) is 15.0. The van der Waals surface area contributed by atoms with Crippen LogP contribution in [0, 0.1) is 10.8 Å². The second-order valence-electron chi connectivity index (χ2n) is 7.82. The molecule has 0 saturated carbocycles. The van der Waals surface area contributed by atoms with E-state index in [1.165, 1.54) is 23.7 Å². The van der Waals surface area contributed by atoms with E-state index in [1.54, 1.807) is 11.9 Å². The Labute approximate surface area is 183 Å². The summed E-state index contributed by atoms with van der Waals surface area (Å²) in [7, 11) is 1.79. The third kappa shape index (κ3) is 4.26. The van der Waals surface area contributed by atoms with Crippen LogP contribution in [-0.4, -0.2) is 31.9 Å². The first-order valence-electron chi connectivity index (χ1n) is 10.4. The molecular weight excluding hydrogens is 384 g/mol. The molecule has 5 nitrogen and oxygen atoms in total. The maximum absolute atomic E-state index is 12.8. The Kier molecular flexibility index (Phi) is 5.94. The summed E-state index contributed by atoms with van der Waals surface area (Å²) in [6.07, 6.45) is 3.57. The van der Waals surface area contributed by atoms with E-state index in [0.29, 0.717) is 5.56 Å². The number of amides is 1. The van der Waals surface area contributed by atoms with Crippen LogP contribution in [0.15, 0.2) is 72.8 Å². The van der Waals surface area contributed by atoms with Crippen molar-refractivity contribution in [2.45, 2.75) is 18.9 Å². The van der Waals surface area contributed by atoms with E-state index in [4.69, 9.17) is 10.8 Å². The Morgan fingerprint density at radius 2 is 1.74 bits per heavy atom. The lowest BCUT2D eigenvalue weighted by Crippen LogP contribution is -2.26. The smallest absolute Gasteiger partial charge is 0.258 e. The molecule has 0 bridgehead atoms. The fourth-order valence-corrected chi connectivity index (χ4v) is 4.04. The van der Waals surface area contributed by atoms with Gasteiger partial charge in [0.25, 0.3) is 5.91 Å². The van der Waals surface area contributed by atoms with E-state index in [9.17, 15) is 4.79 Å². The van der Waals surface area contributed by atoms with E-state index in [-0.39, 0.29) is 11.8 Å². The third-order valence-corrected chi connectivity index (χ3v) is 5.86. The second-order valence-corrected chi connectivity index (χ2v) is 7.82. The number of para-hydroxylation sites is 1. The van der Waals surface area contributed by atoms with Gasteiger partial charge in [-0.25, -0.2) is 0 Å². The van der Waals surface area contributed by atoms with Gasteiger partial charge in [0.1, 0.15) is 0 Å². The zero-order valence-corrected chi connectivity index (χ0v) is 17.6. The van der Waals surface area contributed by atoms with Gasteiger partial charge < -0.3 is 20.6 Å². The average Bonchev–Trinajstić information content (AvgIpc) is 3.22. The molecule has 0 atom stereocenters. The number of carbonyl (C=O) groups excluding carboxylic acids is 1. The first-order valence-corrected chi connectivity index (χ1v) is 10.4.